The van der Waals surface area contributed by atoms with Gasteiger partial charge < -0.3 is 20.1 Å². The van der Waals surface area contributed by atoms with Crippen molar-refractivity contribution >= 4 is 6.01 Å². The van der Waals surface area contributed by atoms with E-state index in [0.717, 1.165) is 19.6 Å². The predicted octanol–water partition coefficient (Wildman–Crippen LogP) is -0.543. The molecule has 2 heterocycles. The van der Waals surface area contributed by atoms with Gasteiger partial charge in [0.1, 0.15) is 0 Å². The molecular weight excluding hydrogens is 194 g/mol. The Bertz CT molecular complexity index is 326. The number of aryl methyl sites for hydroxylation is 1. The molecule has 1 aliphatic rings. The first kappa shape index (κ1) is 10.4. The first-order valence-corrected chi connectivity index (χ1v) is 5.16. The van der Waals surface area contributed by atoms with Gasteiger partial charge in [0.15, 0.2) is 5.82 Å². The number of nitrogens with two attached hydrogens (primary N) is 1. The minimum atomic E-state index is 0.267. The third-order valence-electron chi connectivity index (χ3n) is 2.72. The molecule has 0 bridgehead atoms. The number of hydrogen-bond donors (Lipinski definition) is 1. The van der Waals surface area contributed by atoms with E-state index in [1.54, 1.807) is 0 Å². The Morgan fingerprint density at radius 1 is 1.53 bits per heavy atom. The normalized spacial score (nSPS) is 23.4. The van der Waals surface area contributed by atoms with Crippen molar-refractivity contribution in [1.29, 1.82) is 0 Å². The van der Waals surface area contributed by atoms with E-state index in [1.165, 1.54) is 0 Å². The molecule has 0 amide bonds. The van der Waals surface area contributed by atoms with Crippen LogP contribution in [0.1, 0.15) is 5.82 Å². The van der Waals surface area contributed by atoms with Crippen LogP contribution in [0.3, 0.4) is 0 Å². The number of likely N-dealkylation sites (N-methyl/N-ethyl adjacent to an activating group) is 1. The Balaban J connectivity index is 2.13. The van der Waals surface area contributed by atoms with E-state index >= 15 is 0 Å². The van der Waals surface area contributed by atoms with Crippen molar-refractivity contribution in [3.63, 3.8) is 0 Å². The standard InChI is InChI=1S/C9H17N5O/c1-7-11-9(15-12-7)14-4-3-13(2)6-8(14)5-10/h8H,3-6,10H2,1-2H3. The summed E-state index contributed by atoms with van der Waals surface area (Å²) in [7, 11) is 2.10. The van der Waals surface area contributed by atoms with Crippen molar-refractivity contribution in [2.24, 2.45) is 5.73 Å². The van der Waals surface area contributed by atoms with Crippen LogP contribution in [0.2, 0.25) is 0 Å². The van der Waals surface area contributed by atoms with Crippen molar-refractivity contribution in [1.82, 2.24) is 15.0 Å². The lowest BCUT2D eigenvalue weighted by molar-refractivity contribution is 0.256. The lowest BCUT2D eigenvalue weighted by Gasteiger charge is -2.38. The van der Waals surface area contributed by atoms with E-state index in [-0.39, 0.29) is 6.04 Å². The maximum atomic E-state index is 5.74. The average molecular weight is 211 g/mol. The molecule has 15 heavy (non-hydrogen) atoms. The highest BCUT2D eigenvalue weighted by molar-refractivity contribution is 5.29. The monoisotopic (exact) mass is 211 g/mol. The number of hydrogen-bond acceptors (Lipinski definition) is 6. The van der Waals surface area contributed by atoms with Gasteiger partial charge in [-0.1, -0.05) is 5.16 Å². The number of aromatic nitrogens is 2. The molecule has 6 nitrogen and oxygen atoms in total. The van der Waals surface area contributed by atoms with Crippen LogP contribution in [0.5, 0.6) is 0 Å². The molecule has 1 fully saturated rings. The summed E-state index contributed by atoms with van der Waals surface area (Å²) in [5, 5.41) is 3.80. The van der Waals surface area contributed by atoms with E-state index in [4.69, 9.17) is 10.3 Å². The minimum absolute atomic E-state index is 0.267. The largest absolute Gasteiger partial charge is 0.328 e. The molecule has 1 atom stereocenters. The van der Waals surface area contributed by atoms with E-state index < -0.39 is 0 Å². The van der Waals surface area contributed by atoms with Gasteiger partial charge in [-0.25, -0.2) is 0 Å². The molecule has 1 saturated heterocycles. The smallest absolute Gasteiger partial charge is 0.324 e. The Morgan fingerprint density at radius 3 is 2.93 bits per heavy atom. The molecule has 1 aliphatic heterocycles. The second-order valence-corrected chi connectivity index (χ2v) is 3.97. The molecule has 1 aromatic rings. The van der Waals surface area contributed by atoms with Crippen molar-refractivity contribution in [3.8, 4) is 0 Å². The molecule has 84 valence electrons. The Labute approximate surface area is 89.0 Å². The number of anilines is 1. The lowest BCUT2D eigenvalue weighted by Crippen LogP contribution is -2.55. The fraction of sp³-hybridized carbons (Fsp3) is 0.778. The molecule has 0 aliphatic carbocycles. The zero-order valence-corrected chi connectivity index (χ0v) is 9.18. The summed E-state index contributed by atoms with van der Waals surface area (Å²) in [6.07, 6.45) is 0. The van der Waals surface area contributed by atoms with Crippen LogP contribution < -0.4 is 10.6 Å². The maximum absolute atomic E-state index is 5.74. The molecule has 0 aromatic carbocycles. The van der Waals surface area contributed by atoms with Gasteiger partial charge in [0.25, 0.3) is 0 Å². The molecule has 1 unspecified atom stereocenters. The quantitative estimate of drug-likeness (QED) is 0.708. The summed E-state index contributed by atoms with van der Waals surface area (Å²) in [6.45, 7) is 5.25. The first-order valence-electron chi connectivity index (χ1n) is 5.16. The van der Waals surface area contributed by atoms with Gasteiger partial charge in [0, 0.05) is 26.2 Å². The van der Waals surface area contributed by atoms with Gasteiger partial charge in [0.2, 0.25) is 0 Å². The van der Waals surface area contributed by atoms with E-state index in [1.807, 2.05) is 6.92 Å². The second kappa shape index (κ2) is 4.16. The van der Waals surface area contributed by atoms with Crippen molar-refractivity contribution in [2.45, 2.75) is 13.0 Å². The van der Waals surface area contributed by atoms with Gasteiger partial charge in [-0.2, -0.15) is 4.98 Å². The van der Waals surface area contributed by atoms with Gasteiger partial charge in [-0.3, -0.25) is 0 Å². The molecule has 0 saturated carbocycles. The van der Waals surface area contributed by atoms with Gasteiger partial charge in [0.05, 0.1) is 6.04 Å². The zero-order chi connectivity index (χ0) is 10.8. The maximum Gasteiger partial charge on any atom is 0.324 e. The van der Waals surface area contributed by atoms with Crippen LogP contribution in [0.15, 0.2) is 4.52 Å². The number of nitrogens with zero attached hydrogens (tertiary/aromatic N) is 4. The SMILES string of the molecule is Cc1noc(N2CCN(C)CC2CN)n1. The van der Waals surface area contributed by atoms with Gasteiger partial charge in [-0.05, 0) is 14.0 Å². The number of piperazine rings is 1. The van der Waals surface area contributed by atoms with Crippen molar-refractivity contribution in [2.75, 3.05) is 38.1 Å². The third-order valence-corrected chi connectivity index (χ3v) is 2.72. The number of rotatable bonds is 2. The minimum Gasteiger partial charge on any atom is -0.328 e. The van der Waals surface area contributed by atoms with Crippen molar-refractivity contribution in [3.05, 3.63) is 5.82 Å². The average Bonchev–Trinajstić information content (AvgIpc) is 2.64. The highest BCUT2D eigenvalue weighted by Gasteiger charge is 2.27. The van der Waals surface area contributed by atoms with E-state index in [2.05, 4.69) is 27.0 Å². The van der Waals surface area contributed by atoms with Crippen LogP contribution in [0.4, 0.5) is 6.01 Å². The third kappa shape index (κ3) is 2.10. The van der Waals surface area contributed by atoms with Crippen molar-refractivity contribution < 1.29 is 4.52 Å². The second-order valence-electron chi connectivity index (χ2n) is 3.97. The Hall–Kier alpha value is -1.14. The highest BCUT2D eigenvalue weighted by Crippen LogP contribution is 2.17. The molecule has 2 N–H and O–H groups in total. The summed E-state index contributed by atoms with van der Waals surface area (Å²) in [4.78, 5) is 8.59. The van der Waals surface area contributed by atoms with E-state index in [9.17, 15) is 0 Å². The highest BCUT2D eigenvalue weighted by atomic mass is 16.5. The van der Waals surface area contributed by atoms with Crippen LogP contribution in [0.25, 0.3) is 0 Å². The molecule has 2 rings (SSSR count). The summed E-state index contributed by atoms with van der Waals surface area (Å²) in [6, 6.07) is 0.861. The molecular formula is C9H17N5O. The summed E-state index contributed by atoms with van der Waals surface area (Å²) >= 11 is 0. The van der Waals surface area contributed by atoms with Gasteiger partial charge >= 0.3 is 6.01 Å². The lowest BCUT2D eigenvalue weighted by atomic mass is 10.2. The summed E-state index contributed by atoms with van der Waals surface area (Å²) in [5.74, 6) is 0.666. The van der Waals surface area contributed by atoms with Crippen LogP contribution >= 0.6 is 0 Å². The summed E-state index contributed by atoms with van der Waals surface area (Å²) in [5.41, 5.74) is 5.74. The Kier molecular flexibility index (Phi) is 2.88. The fourth-order valence-corrected chi connectivity index (χ4v) is 1.87. The van der Waals surface area contributed by atoms with Crippen LogP contribution in [0, 0.1) is 6.92 Å². The van der Waals surface area contributed by atoms with Gasteiger partial charge in [-0.15, -0.1) is 0 Å². The fourth-order valence-electron chi connectivity index (χ4n) is 1.87. The molecule has 6 heteroatoms. The Morgan fingerprint density at radius 2 is 2.33 bits per heavy atom. The van der Waals surface area contributed by atoms with Crippen LogP contribution in [-0.2, 0) is 0 Å². The predicted molar refractivity (Wildman–Crippen MR) is 56.7 cm³/mol. The van der Waals surface area contributed by atoms with E-state index in [0.29, 0.717) is 18.4 Å². The summed E-state index contributed by atoms with van der Waals surface area (Å²) < 4.78 is 5.16. The molecule has 0 spiro atoms. The molecule has 1 aromatic heterocycles. The first-order chi connectivity index (χ1) is 7.20. The van der Waals surface area contributed by atoms with Crippen LogP contribution in [-0.4, -0.2) is 54.3 Å². The molecule has 0 radical (unpaired) electrons. The zero-order valence-electron chi connectivity index (χ0n) is 9.18. The topological polar surface area (TPSA) is 71.4 Å².